The zero-order valence-electron chi connectivity index (χ0n) is 14.1. The van der Waals surface area contributed by atoms with Crippen molar-refractivity contribution < 1.29 is 24.1 Å². The molecule has 0 aromatic heterocycles. The molecule has 2 aliphatic heterocycles. The molecule has 0 radical (unpaired) electrons. The molecule has 0 amide bonds. The highest BCUT2D eigenvalue weighted by atomic mass is 16.7. The van der Waals surface area contributed by atoms with E-state index in [2.05, 4.69) is 0 Å². The fourth-order valence-corrected chi connectivity index (χ4v) is 3.56. The summed E-state index contributed by atoms with van der Waals surface area (Å²) in [4.78, 5) is 0. The molecule has 128 valence electrons. The lowest BCUT2D eigenvalue weighted by atomic mass is 9.77. The van der Waals surface area contributed by atoms with Gasteiger partial charge in [-0.05, 0) is 38.8 Å². The number of ether oxygens (including phenoxy) is 4. The summed E-state index contributed by atoms with van der Waals surface area (Å²) in [7, 11) is 1.68. The third-order valence-electron chi connectivity index (χ3n) is 4.44. The largest absolute Gasteiger partial charge is 0.487 e. The van der Waals surface area contributed by atoms with E-state index in [0.717, 1.165) is 23.3 Å². The summed E-state index contributed by atoms with van der Waals surface area (Å²) < 4.78 is 22.4. The van der Waals surface area contributed by atoms with Crippen molar-refractivity contribution >= 4 is 0 Å². The second-order valence-corrected chi connectivity index (χ2v) is 7.00. The normalized spacial score (nSPS) is 26.8. The number of hydrogen-bond donors (Lipinski definition) is 1. The monoisotopic (exact) mass is 322 g/mol. The van der Waals surface area contributed by atoms with Gasteiger partial charge < -0.3 is 24.1 Å². The van der Waals surface area contributed by atoms with E-state index < -0.39 is 11.2 Å². The molecule has 1 fully saturated rings. The minimum atomic E-state index is -0.926. The topological polar surface area (TPSA) is 57.2 Å². The Morgan fingerprint density at radius 3 is 2.70 bits per heavy atom. The molecule has 1 saturated heterocycles. The molecule has 0 bridgehead atoms. The van der Waals surface area contributed by atoms with Crippen LogP contribution in [0.25, 0.3) is 0 Å². The molecular weight excluding hydrogens is 296 g/mol. The summed E-state index contributed by atoms with van der Waals surface area (Å²) in [6, 6.07) is 5.83. The van der Waals surface area contributed by atoms with Crippen LogP contribution in [0.5, 0.6) is 5.75 Å². The van der Waals surface area contributed by atoms with Gasteiger partial charge in [0.25, 0.3) is 0 Å². The van der Waals surface area contributed by atoms with Crippen LogP contribution in [0.2, 0.25) is 0 Å². The van der Waals surface area contributed by atoms with Gasteiger partial charge in [0.05, 0.1) is 18.8 Å². The van der Waals surface area contributed by atoms with Crippen molar-refractivity contribution in [2.24, 2.45) is 0 Å². The second-order valence-electron chi connectivity index (χ2n) is 7.00. The standard InChI is InChI=1S/C18H26O5/c1-17(2)12-18(19,7-4-8-20-3)14-11-13(5-6-15(14)23-17)16-21-9-10-22-16/h5-6,11,16,19H,4,7-10,12H2,1-3H3. The maximum absolute atomic E-state index is 11.3. The lowest BCUT2D eigenvalue weighted by molar-refractivity contribution is -0.0732. The van der Waals surface area contributed by atoms with Crippen LogP contribution >= 0.6 is 0 Å². The van der Waals surface area contributed by atoms with Crippen LogP contribution in [0.1, 0.15) is 50.5 Å². The van der Waals surface area contributed by atoms with E-state index in [-0.39, 0.29) is 6.29 Å². The zero-order chi connectivity index (χ0) is 16.5. The summed E-state index contributed by atoms with van der Waals surface area (Å²) in [5, 5.41) is 11.3. The first-order valence-electron chi connectivity index (χ1n) is 8.21. The molecule has 1 aromatic rings. The van der Waals surface area contributed by atoms with E-state index in [1.807, 2.05) is 32.0 Å². The average Bonchev–Trinajstić information content (AvgIpc) is 3.00. The number of hydrogen-bond acceptors (Lipinski definition) is 5. The predicted molar refractivity (Wildman–Crippen MR) is 85.4 cm³/mol. The SMILES string of the molecule is COCCCC1(O)CC(C)(C)Oc2ccc(C3OCCO3)cc21. The Bertz CT molecular complexity index is 550. The average molecular weight is 322 g/mol. The Kier molecular flexibility index (Phi) is 4.65. The second kappa shape index (κ2) is 6.40. The lowest BCUT2D eigenvalue weighted by Gasteiger charge is -2.43. The van der Waals surface area contributed by atoms with Gasteiger partial charge in [0, 0.05) is 31.3 Å². The molecule has 1 N–H and O–H groups in total. The van der Waals surface area contributed by atoms with Gasteiger partial charge in [0.15, 0.2) is 6.29 Å². The Morgan fingerprint density at radius 2 is 2.00 bits per heavy atom. The van der Waals surface area contributed by atoms with Crippen molar-refractivity contribution in [3.05, 3.63) is 29.3 Å². The first kappa shape index (κ1) is 16.7. The smallest absolute Gasteiger partial charge is 0.184 e. The molecule has 3 rings (SSSR count). The van der Waals surface area contributed by atoms with Crippen LogP contribution in [0.3, 0.4) is 0 Å². The van der Waals surface area contributed by atoms with Gasteiger partial charge in [-0.2, -0.15) is 0 Å². The summed E-state index contributed by atoms with van der Waals surface area (Å²) in [6.07, 6.45) is 1.63. The van der Waals surface area contributed by atoms with Crippen LogP contribution < -0.4 is 4.74 Å². The number of fused-ring (bicyclic) bond motifs is 1. The molecule has 0 saturated carbocycles. The van der Waals surface area contributed by atoms with Crippen molar-refractivity contribution in [2.75, 3.05) is 26.9 Å². The fraction of sp³-hybridized carbons (Fsp3) is 0.667. The molecule has 1 atom stereocenters. The highest BCUT2D eigenvalue weighted by Gasteiger charge is 2.44. The summed E-state index contributed by atoms with van der Waals surface area (Å²) in [5.74, 6) is 0.739. The highest BCUT2D eigenvalue weighted by molar-refractivity contribution is 5.44. The first-order chi connectivity index (χ1) is 10.9. The van der Waals surface area contributed by atoms with E-state index in [1.54, 1.807) is 7.11 Å². The van der Waals surface area contributed by atoms with Crippen molar-refractivity contribution in [3.63, 3.8) is 0 Å². The molecule has 5 heteroatoms. The maximum Gasteiger partial charge on any atom is 0.184 e. The van der Waals surface area contributed by atoms with E-state index >= 15 is 0 Å². The third-order valence-corrected chi connectivity index (χ3v) is 4.44. The van der Waals surface area contributed by atoms with Crippen LogP contribution in [0, 0.1) is 0 Å². The van der Waals surface area contributed by atoms with E-state index in [4.69, 9.17) is 18.9 Å². The Labute approximate surface area is 137 Å². The minimum Gasteiger partial charge on any atom is -0.487 e. The number of benzene rings is 1. The fourth-order valence-electron chi connectivity index (χ4n) is 3.56. The number of aliphatic hydroxyl groups is 1. The minimum absolute atomic E-state index is 0.349. The Morgan fingerprint density at radius 1 is 1.26 bits per heavy atom. The predicted octanol–water partition coefficient (Wildman–Crippen LogP) is 2.91. The van der Waals surface area contributed by atoms with Gasteiger partial charge in [-0.15, -0.1) is 0 Å². The van der Waals surface area contributed by atoms with Crippen molar-refractivity contribution in [2.45, 2.75) is 50.6 Å². The lowest BCUT2D eigenvalue weighted by Crippen LogP contribution is -2.44. The van der Waals surface area contributed by atoms with Crippen molar-refractivity contribution in [1.29, 1.82) is 0 Å². The number of rotatable bonds is 5. The quantitative estimate of drug-likeness (QED) is 0.845. The van der Waals surface area contributed by atoms with Crippen LogP contribution in [-0.2, 0) is 19.8 Å². The van der Waals surface area contributed by atoms with Gasteiger partial charge in [-0.3, -0.25) is 0 Å². The zero-order valence-corrected chi connectivity index (χ0v) is 14.1. The van der Waals surface area contributed by atoms with E-state index in [1.165, 1.54) is 0 Å². The van der Waals surface area contributed by atoms with Gasteiger partial charge >= 0.3 is 0 Å². The molecule has 5 nitrogen and oxygen atoms in total. The molecule has 2 aliphatic rings. The molecule has 0 spiro atoms. The van der Waals surface area contributed by atoms with Gasteiger partial charge in [-0.1, -0.05) is 6.07 Å². The van der Waals surface area contributed by atoms with Crippen molar-refractivity contribution in [1.82, 2.24) is 0 Å². The molecule has 1 aromatic carbocycles. The molecular formula is C18H26O5. The molecule has 2 heterocycles. The van der Waals surface area contributed by atoms with E-state index in [0.29, 0.717) is 32.7 Å². The maximum atomic E-state index is 11.3. The molecule has 23 heavy (non-hydrogen) atoms. The van der Waals surface area contributed by atoms with Crippen molar-refractivity contribution in [3.8, 4) is 5.75 Å². The Balaban J connectivity index is 1.93. The highest BCUT2D eigenvalue weighted by Crippen LogP contribution is 2.47. The number of methoxy groups -OCH3 is 1. The van der Waals surface area contributed by atoms with Crippen LogP contribution in [0.4, 0.5) is 0 Å². The third kappa shape index (κ3) is 3.53. The molecule has 1 unspecified atom stereocenters. The van der Waals surface area contributed by atoms with E-state index in [9.17, 15) is 5.11 Å². The molecule has 0 aliphatic carbocycles. The summed E-state index contributed by atoms with van der Waals surface area (Å²) in [6.45, 7) is 5.85. The summed E-state index contributed by atoms with van der Waals surface area (Å²) >= 11 is 0. The Hall–Kier alpha value is -1.14. The first-order valence-corrected chi connectivity index (χ1v) is 8.21. The van der Waals surface area contributed by atoms with Crippen LogP contribution in [-0.4, -0.2) is 37.6 Å². The summed E-state index contributed by atoms with van der Waals surface area (Å²) in [5.41, 5.74) is 0.417. The van der Waals surface area contributed by atoms with Gasteiger partial charge in [-0.25, -0.2) is 0 Å². The van der Waals surface area contributed by atoms with Gasteiger partial charge in [0.2, 0.25) is 0 Å². The van der Waals surface area contributed by atoms with Crippen LogP contribution in [0.15, 0.2) is 18.2 Å². The van der Waals surface area contributed by atoms with Gasteiger partial charge in [0.1, 0.15) is 11.4 Å².